The molecule has 1 aromatic heterocycles. The number of esters is 1. The molecule has 9 nitrogen and oxygen atoms in total. The number of carbonyl (C=O) groups is 2. The van der Waals surface area contributed by atoms with E-state index in [-0.39, 0.29) is 36.7 Å². The molecule has 0 saturated carbocycles. The van der Waals surface area contributed by atoms with Crippen LogP contribution in [0.5, 0.6) is 0 Å². The SMILES string of the molecule is Cc1nc(/C=C2/COC(=O)C[C@H](O)C(C)(C)C(=O)[C@H](C)[C@@H](O)[C@@H](C)CCC[C@@H](O)[C@@H](O)C[C@@H]2O)cs1. The molecule has 0 bridgehead atoms. The Morgan fingerprint density at radius 3 is 2.36 bits per heavy atom. The van der Waals surface area contributed by atoms with Crippen molar-refractivity contribution < 1.29 is 39.9 Å². The van der Waals surface area contributed by atoms with Crippen LogP contribution in [-0.2, 0) is 14.3 Å². The molecule has 2 rings (SSSR count). The highest BCUT2D eigenvalue weighted by Gasteiger charge is 2.42. The molecule has 204 valence electrons. The number of ether oxygens (including phenoxy) is 1. The van der Waals surface area contributed by atoms with Crippen molar-refractivity contribution in [1.82, 2.24) is 4.98 Å². The lowest BCUT2D eigenvalue weighted by atomic mass is 9.73. The van der Waals surface area contributed by atoms with E-state index < -0.39 is 54.2 Å². The largest absolute Gasteiger partial charge is 0.461 e. The monoisotopic (exact) mass is 527 g/mol. The fourth-order valence-corrected chi connectivity index (χ4v) is 5.02. The topological polar surface area (TPSA) is 157 Å². The van der Waals surface area contributed by atoms with Crippen molar-refractivity contribution in [3.05, 3.63) is 21.7 Å². The summed E-state index contributed by atoms with van der Waals surface area (Å²) >= 11 is 1.41. The summed E-state index contributed by atoms with van der Waals surface area (Å²) in [7, 11) is 0. The minimum Gasteiger partial charge on any atom is -0.461 e. The van der Waals surface area contributed by atoms with E-state index in [1.807, 2.05) is 6.92 Å². The Labute approximate surface area is 216 Å². The fourth-order valence-electron chi connectivity index (χ4n) is 4.45. The summed E-state index contributed by atoms with van der Waals surface area (Å²) < 4.78 is 5.32. The first kappa shape index (κ1) is 30.5. The van der Waals surface area contributed by atoms with Crippen molar-refractivity contribution in [3.63, 3.8) is 0 Å². The van der Waals surface area contributed by atoms with Gasteiger partial charge in [0.1, 0.15) is 12.4 Å². The number of Topliss-reactive ketones (excluding diaryl/α,β-unsaturated/α-hetero) is 1. The average Bonchev–Trinajstić information content (AvgIpc) is 3.23. The molecule has 7 atom stereocenters. The molecule has 1 aromatic rings. The first-order valence-corrected chi connectivity index (χ1v) is 13.3. The number of aryl methyl sites for hydroxylation is 1. The maximum atomic E-state index is 13.1. The zero-order valence-corrected chi connectivity index (χ0v) is 22.6. The summed E-state index contributed by atoms with van der Waals surface area (Å²) in [5, 5.41) is 55.8. The zero-order chi connectivity index (χ0) is 27.2. The van der Waals surface area contributed by atoms with Gasteiger partial charge in [-0.25, -0.2) is 4.98 Å². The number of nitrogens with zero attached hydrogens (tertiary/aromatic N) is 1. The van der Waals surface area contributed by atoms with Gasteiger partial charge in [-0.1, -0.05) is 34.1 Å². The highest BCUT2D eigenvalue weighted by atomic mass is 32.1. The number of rotatable bonds is 1. The number of hydrogen-bond acceptors (Lipinski definition) is 10. The molecule has 0 radical (unpaired) electrons. The molecule has 0 unspecified atom stereocenters. The van der Waals surface area contributed by atoms with E-state index in [9.17, 15) is 35.1 Å². The highest BCUT2D eigenvalue weighted by Crippen LogP contribution is 2.32. The van der Waals surface area contributed by atoms with Crippen molar-refractivity contribution >= 4 is 29.2 Å². The van der Waals surface area contributed by atoms with E-state index in [1.165, 1.54) is 25.2 Å². The Morgan fingerprint density at radius 2 is 1.75 bits per heavy atom. The van der Waals surface area contributed by atoms with E-state index in [0.29, 0.717) is 18.5 Å². The van der Waals surface area contributed by atoms with Gasteiger partial charge in [0.15, 0.2) is 0 Å². The van der Waals surface area contributed by atoms with E-state index in [1.54, 1.807) is 25.3 Å². The molecule has 2 heterocycles. The van der Waals surface area contributed by atoms with Crippen LogP contribution in [0.2, 0.25) is 0 Å². The Bertz CT molecular complexity index is 914. The van der Waals surface area contributed by atoms with Gasteiger partial charge in [-0.15, -0.1) is 11.3 Å². The molecule has 36 heavy (non-hydrogen) atoms. The lowest BCUT2D eigenvalue weighted by molar-refractivity contribution is -0.151. The molecule has 1 aliphatic heterocycles. The van der Waals surface area contributed by atoms with Gasteiger partial charge >= 0.3 is 5.97 Å². The van der Waals surface area contributed by atoms with Gasteiger partial charge in [0.05, 0.1) is 53.1 Å². The standard InChI is InChI=1S/C26H41NO8S/c1-14-7-6-8-19(28)21(30)10-20(29)17(9-18-13-36-16(3)27-18)12-35-23(32)11-22(31)26(4,5)25(34)15(2)24(14)33/h9,13-15,19-22,24,28-31,33H,6-8,10-12H2,1-5H3/b17-9-/t14-,15+,19+,20-,21-,22-,24-/m0/s1. The Balaban J connectivity index is 2.31. The molecule has 1 aliphatic rings. The summed E-state index contributed by atoms with van der Waals surface area (Å²) in [5.74, 6) is -2.18. The van der Waals surface area contributed by atoms with E-state index in [4.69, 9.17) is 4.74 Å². The van der Waals surface area contributed by atoms with Gasteiger partial charge in [-0.05, 0) is 37.3 Å². The minimum absolute atomic E-state index is 0.174. The predicted molar refractivity (Wildman–Crippen MR) is 136 cm³/mol. The van der Waals surface area contributed by atoms with Gasteiger partial charge in [0, 0.05) is 17.7 Å². The molecule has 10 heteroatoms. The van der Waals surface area contributed by atoms with Crippen molar-refractivity contribution in [3.8, 4) is 0 Å². The van der Waals surface area contributed by atoms with Gasteiger partial charge < -0.3 is 30.3 Å². The van der Waals surface area contributed by atoms with Crippen LogP contribution in [0.1, 0.15) is 70.5 Å². The fraction of sp³-hybridized carbons (Fsp3) is 0.731. The molecular weight excluding hydrogens is 486 g/mol. The second kappa shape index (κ2) is 13.2. The van der Waals surface area contributed by atoms with Gasteiger partial charge in [-0.2, -0.15) is 0 Å². The molecule has 0 aromatic carbocycles. The van der Waals surface area contributed by atoms with E-state index >= 15 is 0 Å². The van der Waals surface area contributed by atoms with Crippen LogP contribution in [0.25, 0.3) is 6.08 Å². The molecule has 0 amide bonds. The van der Waals surface area contributed by atoms with Crippen LogP contribution in [-0.4, -0.2) is 79.4 Å². The summed E-state index contributed by atoms with van der Waals surface area (Å²) in [6.45, 7) is 8.00. The lowest BCUT2D eigenvalue weighted by Crippen LogP contribution is -2.45. The van der Waals surface area contributed by atoms with E-state index in [2.05, 4.69) is 4.98 Å². The minimum atomic E-state index is -1.34. The quantitative estimate of drug-likeness (QED) is 0.345. The van der Waals surface area contributed by atoms with Crippen molar-refractivity contribution in [2.75, 3.05) is 6.61 Å². The number of carbonyl (C=O) groups excluding carboxylic acids is 2. The Hall–Kier alpha value is -1.69. The van der Waals surface area contributed by atoms with Crippen LogP contribution in [0, 0.1) is 24.2 Å². The summed E-state index contributed by atoms with van der Waals surface area (Å²) in [4.78, 5) is 30.0. The Kier molecular flexibility index (Phi) is 11.2. The number of ketones is 1. The van der Waals surface area contributed by atoms with Gasteiger partial charge in [0.25, 0.3) is 0 Å². The van der Waals surface area contributed by atoms with Gasteiger partial charge in [-0.3, -0.25) is 9.59 Å². The van der Waals surface area contributed by atoms with Crippen molar-refractivity contribution in [1.29, 1.82) is 0 Å². The lowest BCUT2D eigenvalue weighted by Gasteiger charge is -2.34. The van der Waals surface area contributed by atoms with Crippen molar-refractivity contribution in [2.45, 2.75) is 97.2 Å². The number of aromatic nitrogens is 1. The third-order valence-corrected chi connectivity index (χ3v) is 7.99. The maximum Gasteiger partial charge on any atom is 0.308 e. The molecule has 0 spiro atoms. The van der Waals surface area contributed by atoms with E-state index in [0.717, 1.165) is 5.01 Å². The number of thiazole rings is 1. The average molecular weight is 528 g/mol. The van der Waals surface area contributed by atoms with Gasteiger partial charge in [0.2, 0.25) is 0 Å². The van der Waals surface area contributed by atoms with Crippen molar-refractivity contribution in [2.24, 2.45) is 17.3 Å². The Morgan fingerprint density at radius 1 is 1.08 bits per heavy atom. The molecular formula is C26H41NO8S. The highest BCUT2D eigenvalue weighted by molar-refractivity contribution is 7.09. The summed E-state index contributed by atoms with van der Waals surface area (Å²) in [5.41, 5.74) is -0.453. The molecule has 1 saturated heterocycles. The molecule has 5 N–H and O–H groups in total. The number of cyclic esters (lactones) is 1. The van der Waals surface area contributed by atoms with Crippen LogP contribution in [0.15, 0.2) is 11.0 Å². The first-order chi connectivity index (χ1) is 16.7. The summed E-state index contributed by atoms with van der Waals surface area (Å²) in [6, 6.07) is 0. The third-order valence-electron chi connectivity index (χ3n) is 7.20. The molecule has 1 fully saturated rings. The number of hydrogen-bond donors (Lipinski definition) is 5. The smallest absolute Gasteiger partial charge is 0.308 e. The molecule has 0 aliphatic carbocycles. The second-order valence-electron chi connectivity index (χ2n) is 10.6. The van der Waals surface area contributed by atoms with Crippen LogP contribution < -0.4 is 0 Å². The summed E-state index contributed by atoms with van der Waals surface area (Å²) in [6.07, 6.45) is -3.63. The van der Waals surface area contributed by atoms with Crippen LogP contribution >= 0.6 is 11.3 Å². The zero-order valence-electron chi connectivity index (χ0n) is 21.8. The maximum absolute atomic E-state index is 13.1. The second-order valence-corrected chi connectivity index (χ2v) is 11.6. The van der Waals surface area contributed by atoms with Crippen LogP contribution in [0.3, 0.4) is 0 Å². The third kappa shape index (κ3) is 8.16. The normalized spacial score (nSPS) is 35.2. The predicted octanol–water partition coefficient (Wildman–Crippen LogP) is 2.01. The number of aliphatic hydroxyl groups is 5. The first-order valence-electron chi connectivity index (χ1n) is 12.5. The van der Waals surface area contributed by atoms with Crippen LogP contribution in [0.4, 0.5) is 0 Å². The number of aliphatic hydroxyl groups excluding tert-OH is 5.